The fourth-order valence-corrected chi connectivity index (χ4v) is 2.98. The van der Waals surface area contributed by atoms with E-state index in [1.165, 1.54) is 0 Å². The van der Waals surface area contributed by atoms with Gasteiger partial charge in [-0.3, -0.25) is 4.79 Å². The molecule has 1 aromatic heterocycles. The molecule has 1 aliphatic carbocycles. The number of hydrogen-bond donors (Lipinski definition) is 1. The first-order valence-corrected chi connectivity index (χ1v) is 7.15. The van der Waals surface area contributed by atoms with Crippen molar-refractivity contribution in [2.45, 2.75) is 43.9 Å². The van der Waals surface area contributed by atoms with Crippen molar-refractivity contribution in [1.82, 2.24) is 9.47 Å². The van der Waals surface area contributed by atoms with Crippen molar-refractivity contribution >= 4 is 5.91 Å². The number of aliphatic hydroxyl groups is 1. The largest absolute Gasteiger partial charge is 0.388 e. The molecule has 0 unspecified atom stereocenters. The summed E-state index contributed by atoms with van der Waals surface area (Å²) in [5.41, 5.74) is 0.637. The number of aromatic nitrogens is 1. The Morgan fingerprint density at radius 3 is 2.75 bits per heavy atom. The minimum Gasteiger partial charge on any atom is -0.388 e. The highest BCUT2D eigenvalue weighted by Crippen LogP contribution is 2.25. The summed E-state index contributed by atoms with van der Waals surface area (Å²) in [5, 5.41) is 10.5. The van der Waals surface area contributed by atoms with Gasteiger partial charge in [-0.1, -0.05) is 12.8 Å². The van der Waals surface area contributed by atoms with Crippen molar-refractivity contribution in [3.05, 3.63) is 24.0 Å². The molecular formula is C15H24N2O3. The van der Waals surface area contributed by atoms with E-state index in [-0.39, 0.29) is 18.1 Å². The van der Waals surface area contributed by atoms with E-state index in [4.69, 9.17) is 4.74 Å². The first kappa shape index (κ1) is 15.1. The summed E-state index contributed by atoms with van der Waals surface area (Å²) in [7, 11) is 5.24. The van der Waals surface area contributed by atoms with Gasteiger partial charge >= 0.3 is 0 Å². The van der Waals surface area contributed by atoms with Gasteiger partial charge < -0.3 is 19.3 Å². The zero-order valence-corrected chi connectivity index (χ0v) is 12.5. The number of nitrogens with zero attached hydrogens (tertiary/aromatic N) is 2. The van der Waals surface area contributed by atoms with Gasteiger partial charge in [0.2, 0.25) is 0 Å². The Morgan fingerprint density at radius 1 is 1.45 bits per heavy atom. The number of rotatable bonds is 3. The van der Waals surface area contributed by atoms with E-state index in [1.54, 1.807) is 29.7 Å². The first-order chi connectivity index (χ1) is 9.56. The Balaban J connectivity index is 2.16. The summed E-state index contributed by atoms with van der Waals surface area (Å²) in [6, 6.07) is 3.46. The maximum atomic E-state index is 12.5. The van der Waals surface area contributed by atoms with Gasteiger partial charge in [0.15, 0.2) is 0 Å². The second-order valence-corrected chi connectivity index (χ2v) is 5.54. The molecule has 0 aromatic carbocycles. The molecule has 1 amide bonds. The molecule has 1 N–H and O–H groups in total. The van der Waals surface area contributed by atoms with E-state index in [9.17, 15) is 9.90 Å². The summed E-state index contributed by atoms with van der Waals surface area (Å²) >= 11 is 0. The van der Waals surface area contributed by atoms with Crippen LogP contribution in [0.4, 0.5) is 0 Å². The van der Waals surface area contributed by atoms with Crippen LogP contribution in [0.25, 0.3) is 0 Å². The Kier molecular flexibility index (Phi) is 4.83. The maximum Gasteiger partial charge on any atom is 0.270 e. The molecule has 1 heterocycles. The molecule has 5 nitrogen and oxygen atoms in total. The van der Waals surface area contributed by atoms with E-state index in [1.807, 2.05) is 19.3 Å². The summed E-state index contributed by atoms with van der Waals surface area (Å²) in [4.78, 5) is 14.2. The molecule has 1 aliphatic rings. The quantitative estimate of drug-likeness (QED) is 0.852. The predicted molar refractivity (Wildman–Crippen MR) is 76.6 cm³/mol. The predicted octanol–water partition coefficient (Wildman–Crippen LogP) is 1.42. The van der Waals surface area contributed by atoms with Crippen molar-refractivity contribution in [1.29, 1.82) is 0 Å². The van der Waals surface area contributed by atoms with Crippen LogP contribution >= 0.6 is 0 Å². The van der Waals surface area contributed by atoms with Crippen LogP contribution in [-0.2, 0) is 11.8 Å². The van der Waals surface area contributed by atoms with Gasteiger partial charge in [-0.2, -0.15) is 0 Å². The van der Waals surface area contributed by atoms with Crippen LogP contribution in [0.15, 0.2) is 18.3 Å². The fourth-order valence-electron chi connectivity index (χ4n) is 2.98. The van der Waals surface area contributed by atoms with Crippen molar-refractivity contribution < 1.29 is 14.6 Å². The third-order valence-corrected chi connectivity index (χ3v) is 4.30. The Bertz CT molecular complexity index is 458. The molecule has 2 rings (SSSR count). The molecule has 1 fully saturated rings. The summed E-state index contributed by atoms with van der Waals surface area (Å²) in [5.74, 6) is -0.0571. The van der Waals surface area contributed by atoms with Gasteiger partial charge in [0, 0.05) is 27.4 Å². The van der Waals surface area contributed by atoms with Crippen LogP contribution in [0.3, 0.4) is 0 Å². The maximum absolute atomic E-state index is 12.5. The zero-order chi connectivity index (χ0) is 14.7. The van der Waals surface area contributed by atoms with E-state index in [0.29, 0.717) is 5.69 Å². The van der Waals surface area contributed by atoms with E-state index < -0.39 is 6.10 Å². The zero-order valence-electron chi connectivity index (χ0n) is 12.5. The van der Waals surface area contributed by atoms with E-state index in [0.717, 1.165) is 25.7 Å². The number of aryl methyl sites for hydroxylation is 1. The highest BCUT2D eigenvalue weighted by atomic mass is 16.5. The van der Waals surface area contributed by atoms with Crippen LogP contribution in [0.5, 0.6) is 0 Å². The van der Waals surface area contributed by atoms with Crippen LogP contribution in [0, 0.1) is 0 Å². The van der Waals surface area contributed by atoms with E-state index in [2.05, 4.69) is 0 Å². The number of amides is 1. The average Bonchev–Trinajstić information content (AvgIpc) is 2.77. The summed E-state index contributed by atoms with van der Waals surface area (Å²) < 4.78 is 7.17. The van der Waals surface area contributed by atoms with Crippen molar-refractivity contribution in [2.24, 2.45) is 7.05 Å². The summed E-state index contributed by atoms with van der Waals surface area (Å²) in [6.45, 7) is 0. The number of methoxy groups -OCH3 is 1. The SMILES string of the molecule is CO[C@@H]1CCCC[C@@H](N(C)C(=O)c2cccn2C)[C@H]1O. The molecule has 0 spiro atoms. The minimum atomic E-state index is -0.628. The molecule has 0 radical (unpaired) electrons. The molecule has 5 heteroatoms. The van der Waals surface area contributed by atoms with Crippen LogP contribution < -0.4 is 0 Å². The highest BCUT2D eigenvalue weighted by molar-refractivity contribution is 5.92. The molecule has 0 bridgehead atoms. The topological polar surface area (TPSA) is 54.7 Å². The van der Waals surface area contributed by atoms with Gasteiger partial charge in [-0.15, -0.1) is 0 Å². The monoisotopic (exact) mass is 280 g/mol. The lowest BCUT2D eigenvalue weighted by Crippen LogP contribution is -2.49. The van der Waals surface area contributed by atoms with Gasteiger partial charge in [0.1, 0.15) is 11.8 Å². The average molecular weight is 280 g/mol. The highest BCUT2D eigenvalue weighted by Gasteiger charge is 2.35. The van der Waals surface area contributed by atoms with Crippen molar-refractivity contribution in [3.8, 4) is 0 Å². The lowest BCUT2D eigenvalue weighted by Gasteiger charge is -2.33. The molecular weight excluding hydrogens is 256 g/mol. The number of likely N-dealkylation sites (N-methyl/N-ethyl adjacent to an activating group) is 1. The molecule has 1 aromatic rings. The second-order valence-electron chi connectivity index (χ2n) is 5.54. The molecule has 0 saturated heterocycles. The Hall–Kier alpha value is -1.33. The molecule has 112 valence electrons. The molecule has 1 saturated carbocycles. The minimum absolute atomic E-state index is 0.0571. The first-order valence-electron chi connectivity index (χ1n) is 7.15. The fraction of sp³-hybridized carbons (Fsp3) is 0.667. The van der Waals surface area contributed by atoms with Gasteiger partial charge in [0.05, 0.1) is 12.1 Å². The van der Waals surface area contributed by atoms with Gasteiger partial charge in [-0.05, 0) is 25.0 Å². The number of hydrogen-bond acceptors (Lipinski definition) is 3. The van der Waals surface area contributed by atoms with Crippen LogP contribution in [-0.4, -0.2) is 52.9 Å². The second kappa shape index (κ2) is 6.41. The molecule has 0 aliphatic heterocycles. The standard InChI is InChI=1S/C15H24N2O3/c1-16-10-6-8-12(16)15(19)17(2)11-7-4-5-9-13(20-3)14(11)18/h6,8,10-11,13-14,18H,4-5,7,9H2,1-3H3/t11-,13-,14-/m1/s1. The van der Waals surface area contributed by atoms with Crippen LogP contribution in [0.1, 0.15) is 36.2 Å². The number of ether oxygens (including phenoxy) is 1. The molecule has 3 atom stereocenters. The molecule has 20 heavy (non-hydrogen) atoms. The third-order valence-electron chi connectivity index (χ3n) is 4.30. The Morgan fingerprint density at radius 2 is 2.15 bits per heavy atom. The normalized spacial score (nSPS) is 27.1. The lowest BCUT2D eigenvalue weighted by molar-refractivity contribution is -0.0463. The van der Waals surface area contributed by atoms with Crippen molar-refractivity contribution in [2.75, 3.05) is 14.2 Å². The van der Waals surface area contributed by atoms with Gasteiger partial charge in [-0.25, -0.2) is 0 Å². The number of aliphatic hydroxyl groups excluding tert-OH is 1. The summed E-state index contributed by atoms with van der Waals surface area (Å²) in [6.07, 6.45) is 4.73. The number of carbonyl (C=O) groups excluding carboxylic acids is 1. The smallest absolute Gasteiger partial charge is 0.270 e. The van der Waals surface area contributed by atoms with Crippen LogP contribution in [0.2, 0.25) is 0 Å². The third kappa shape index (κ3) is 2.88. The number of carbonyl (C=O) groups is 1. The lowest BCUT2D eigenvalue weighted by atomic mass is 10.0. The Labute approximate surface area is 120 Å². The van der Waals surface area contributed by atoms with Crippen molar-refractivity contribution in [3.63, 3.8) is 0 Å². The van der Waals surface area contributed by atoms with E-state index >= 15 is 0 Å². The van der Waals surface area contributed by atoms with Gasteiger partial charge in [0.25, 0.3) is 5.91 Å².